The van der Waals surface area contributed by atoms with E-state index in [1.54, 1.807) is 0 Å². The molecule has 0 aromatic heterocycles. The van der Waals surface area contributed by atoms with Crippen molar-refractivity contribution in [1.29, 1.82) is 0 Å². The summed E-state index contributed by atoms with van der Waals surface area (Å²) in [6.07, 6.45) is 0.431. The third-order valence-electron chi connectivity index (χ3n) is 5.30. The zero-order valence-corrected chi connectivity index (χ0v) is 18.0. The Labute approximate surface area is 186 Å². The van der Waals surface area contributed by atoms with E-state index in [9.17, 15) is 14.4 Å². The van der Waals surface area contributed by atoms with Crippen molar-refractivity contribution >= 4 is 18.0 Å². The van der Waals surface area contributed by atoms with Crippen LogP contribution in [0.2, 0.25) is 0 Å². The van der Waals surface area contributed by atoms with Crippen LogP contribution in [0.4, 0.5) is 4.79 Å². The molecular weight excluding hydrogens is 412 g/mol. The Bertz CT molecular complexity index is 916. The highest BCUT2D eigenvalue weighted by Crippen LogP contribution is 2.44. The van der Waals surface area contributed by atoms with Crippen molar-refractivity contribution in [3.8, 4) is 11.1 Å². The minimum absolute atomic E-state index is 0.0154. The SMILES string of the molecule is CCCC(NC(=O)COCCNC(=O)OCC1c2ccccc2-c2ccccc21)C(=O)O. The van der Waals surface area contributed by atoms with Crippen LogP contribution in [0.15, 0.2) is 48.5 Å². The Balaban J connectivity index is 1.38. The molecule has 1 aliphatic carbocycles. The Hall–Kier alpha value is -3.39. The van der Waals surface area contributed by atoms with Gasteiger partial charge in [-0.25, -0.2) is 9.59 Å². The number of hydrogen-bond acceptors (Lipinski definition) is 5. The number of aliphatic carboxylic acids is 1. The van der Waals surface area contributed by atoms with Crippen LogP contribution in [-0.2, 0) is 19.1 Å². The van der Waals surface area contributed by atoms with E-state index >= 15 is 0 Å². The third-order valence-corrected chi connectivity index (χ3v) is 5.30. The Morgan fingerprint density at radius 2 is 1.66 bits per heavy atom. The van der Waals surface area contributed by atoms with E-state index in [1.165, 1.54) is 0 Å². The maximum atomic E-state index is 12.1. The summed E-state index contributed by atoms with van der Waals surface area (Å²) in [7, 11) is 0. The Morgan fingerprint density at radius 3 is 2.25 bits per heavy atom. The van der Waals surface area contributed by atoms with Crippen LogP contribution in [0.1, 0.15) is 36.8 Å². The molecule has 1 atom stereocenters. The quantitative estimate of drug-likeness (QED) is 0.463. The predicted molar refractivity (Wildman–Crippen MR) is 118 cm³/mol. The molecule has 2 amide bonds. The summed E-state index contributed by atoms with van der Waals surface area (Å²) in [4.78, 5) is 34.9. The molecule has 0 heterocycles. The van der Waals surface area contributed by atoms with Gasteiger partial charge in [0.05, 0.1) is 6.61 Å². The molecule has 8 nitrogen and oxygen atoms in total. The Kier molecular flexibility index (Phi) is 8.21. The number of benzene rings is 2. The van der Waals surface area contributed by atoms with Gasteiger partial charge in [-0.05, 0) is 28.7 Å². The van der Waals surface area contributed by atoms with Gasteiger partial charge in [0.1, 0.15) is 19.3 Å². The maximum absolute atomic E-state index is 12.1. The summed E-state index contributed by atoms with van der Waals surface area (Å²) in [6.45, 7) is 2.05. The Morgan fingerprint density at radius 1 is 1.03 bits per heavy atom. The van der Waals surface area contributed by atoms with E-state index < -0.39 is 24.0 Å². The number of rotatable bonds is 11. The first-order valence-corrected chi connectivity index (χ1v) is 10.7. The standard InChI is InChI=1S/C24H28N2O6/c1-2-7-21(23(28)29)26-22(27)15-31-13-12-25-24(30)32-14-20-18-10-5-3-8-16(18)17-9-4-6-11-19(17)20/h3-6,8-11,20-21H,2,7,12-15H2,1H3,(H,25,30)(H,26,27)(H,28,29). The number of carboxylic acids is 1. The number of ether oxygens (including phenoxy) is 2. The third kappa shape index (κ3) is 5.85. The van der Waals surface area contributed by atoms with Gasteiger partial charge in [0.2, 0.25) is 5.91 Å². The molecule has 3 rings (SSSR count). The van der Waals surface area contributed by atoms with Gasteiger partial charge in [-0.15, -0.1) is 0 Å². The second-order valence-electron chi connectivity index (χ2n) is 7.55. The van der Waals surface area contributed by atoms with Crippen molar-refractivity contribution in [2.24, 2.45) is 0 Å². The van der Waals surface area contributed by atoms with Crippen molar-refractivity contribution < 1.29 is 29.0 Å². The summed E-state index contributed by atoms with van der Waals surface area (Å²) in [5, 5.41) is 14.0. The second kappa shape index (κ2) is 11.3. The highest BCUT2D eigenvalue weighted by Gasteiger charge is 2.28. The average molecular weight is 440 g/mol. The fraction of sp³-hybridized carbons (Fsp3) is 0.375. The number of carboxylic acid groups (broad SMARTS) is 1. The number of amides is 2. The summed E-state index contributed by atoms with van der Waals surface area (Å²) in [6, 6.07) is 15.3. The van der Waals surface area contributed by atoms with Gasteiger partial charge in [0.15, 0.2) is 0 Å². The minimum atomic E-state index is -1.07. The molecule has 3 N–H and O–H groups in total. The highest BCUT2D eigenvalue weighted by atomic mass is 16.5. The number of carbonyl (C=O) groups excluding carboxylic acids is 2. The molecule has 0 saturated carbocycles. The molecule has 0 saturated heterocycles. The van der Waals surface area contributed by atoms with E-state index in [4.69, 9.17) is 14.6 Å². The number of hydrogen-bond donors (Lipinski definition) is 3. The average Bonchev–Trinajstić information content (AvgIpc) is 3.11. The number of alkyl carbamates (subject to hydrolysis) is 1. The molecule has 0 fully saturated rings. The number of fused-ring (bicyclic) bond motifs is 3. The normalized spacial score (nSPS) is 13.0. The van der Waals surface area contributed by atoms with Crippen molar-refractivity contribution in [2.45, 2.75) is 31.7 Å². The van der Waals surface area contributed by atoms with Crippen LogP contribution >= 0.6 is 0 Å². The lowest BCUT2D eigenvalue weighted by Crippen LogP contribution is -2.42. The molecule has 2 aromatic carbocycles. The molecule has 32 heavy (non-hydrogen) atoms. The maximum Gasteiger partial charge on any atom is 0.407 e. The van der Waals surface area contributed by atoms with Gasteiger partial charge >= 0.3 is 12.1 Å². The number of nitrogens with one attached hydrogen (secondary N) is 2. The summed E-state index contributed by atoms with van der Waals surface area (Å²) in [5.41, 5.74) is 4.60. The lowest BCUT2D eigenvalue weighted by molar-refractivity contribution is -0.142. The van der Waals surface area contributed by atoms with E-state index in [1.807, 2.05) is 31.2 Å². The molecule has 8 heteroatoms. The smallest absolute Gasteiger partial charge is 0.407 e. The van der Waals surface area contributed by atoms with Crippen molar-refractivity contribution in [3.63, 3.8) is 0 Å². The molecule has 0 bridgehead atoms. The van der Waals surface area contributed by atoms with Gasteiger partial charge < -0.3 is 25.2 Å². The van der Waals surface area contributed by atoms with E-state index in [-0.39, 0.29) is 32.3 Å². The first kappa shape index (κ1) is 23.3. The van der Waals surface area contributed by atoms with E-state index in [2.05, 4.69) is 34.9 Å². The topological polar surface area (TPSA) is 114 Å². The van der Waals surface area contributed by atoms with E-state index in [0.717, 1.165) is 22.3 Å². The molecule has 0 spiro atoms. The zero-order chi connectivity index (χ0) is 22.9. The summed E-state index contributed by atoms with van der Waals surface area (Å²) >= 11 is 0. The zero-order valence-electron chi connectivity index (χ0n) is 18.0. The van der Waals surface area contributed by atoms with Gasteiger partial charge in [-0.2, -0.15) is 0 Å². The van der Waals surface area contributed by atoms with Crippen LogP contribution < -0.4 is 10.6 Å². The van der Waals surface area contributed by atoms with Crippen LogP contribution in [0.25, 0.3) is 11.1 Å². The van der Waals surface area contributed by atoms with Crippen molar-refractivity contribution in [1.82, 2.24) is 10.6 Å². The monoisotopic (exact) mass is 440 g/mol. The lowest BCUT2D eigenvalue weighted by Gasteiger charge is -2.15. The molecule has 0 aliphatic heterocycles. The van der Waals surface area contributed by atoms with Crippen molar-refractivity contribution in [2.75, 3.05) is 26.4 Å². The number of carbonyl (C=O) groups is 3. The minimum Gasteiger partial charge on any atom is -0.480 e. The molecular formula is C24H28N2O6. The van der Waals surface area contributed by atoms with Gasteiger partial charge in [-0.3, -0.25) is 4.79 Å². The van der Waals surface area contributed by atoms with Crippen molar-refractivity contribution in [3.05, 3.63) is 59.7 Å². The molecule has 0 radical (unpaired) electrons. The first-order valence-electron chi connectivity index (χ1n) is 10.7. The van der Waals surface area contributed by atoms with Gasteiger partial charge in [-0.1, -0.05) is 61.9 Å². The van der Waals surface area contributed by atoms with Crippen LogP contribution in [0, 0.1) is 0 Å². The lowest BCUT2D eigenvalue weighted by atomic mass is 9.98. The van der Waals surface area contributed by atoms with Gasteiger partial charge in [0, 0.05) is 12.5 Å². The summed E-state index contributed by atoms with van der Waals surface area (Å²) in [5.74, 6) is -1.59. The molecule has 2 aromatic rings. The van der Waals surface area contributed by atoms with Crippen LogP contribution in [-0.4, -0.2) is 55.5 Å². The first-order chi connectivity index (χ1) is 15.5. The summed E-state index contributed by atoms with van der Waals surface area (Å²) < 4.78 is 10.6. The second-order valence-corrected chi connectivity index (χ2v) is 7.55. The fourth-order valence-corrected chi connectivity index (χ4v) is 3.82. The largest absolute Gasteiger partial charge is 0.480 e. The van der Waals surface area contributed by atoms with Gasteiger partial charge in [0.25, 0.3) is 0 Å². The van der Waals surface area contributed by atoms with E-state index in [0.29, 0.717) is 12.8 Å². The van der Waals surface area contributed by atoms with Crippen LogP contribution in [0.3, 0.4) is 0 Å². The highest BCUT2D eigenvalue weighted by molar-refractivity contribution is 5.84. The molecule has 1 unspecified atom stereocenters. The molecule has 170 valence electrons. The predicted octanol–water partition coefficient (Wildman–Crippen LogP) is 2.91. The molecule has 1 aliphatic rings. The fourth-order valence-electron chi connectivity index (χ4n) is 3.82. The van der Waals surface area contributed by atoms with Crippen LogP contribution in [0.5, 0.6) is 0 Å².